The maximum Gasteiger partial charge on any atom is 0.0110 e. The number of hydrogen-bond acceptors (Lipinski definition) is 4. The van der Waals surface area contributed by atoms with Crippen molar-refractivity contribution < 1.29 is 0 Å². The van der Waals surface area contributed by atoms with Crippen LogP contribution in [0.2, 0.25) is 0 Å². The second kappa shape index (κ2) is 8.86. The largest absolute Gasteiger partial charge is 0.328 e. The first-order chi connectivity index (χ1) is 8.61. The molecule has 0 aromatic rings. The molecule has 0 bridgehead atoms. The molecule has 1 heterocycles. The lowest BCUT2D eigenvalue weighted by Gasteiger charge is -2.35. The summed E-state index contributed by atoms with van der Waals surface area (Å²) in [5, 5.41) is 0. The predicted octanol–water partition coefficient (Wildman–Crippen LogP) is 0.683. The number of hydrogen-bond donors (Lipinski definition) is 1. The van der Waals surface area contributed by atoms with Crippen molar-refractivity contribution in [3.63, 3.8) is 0 Å². The van der Waals surface area contributed by atoms with Crippen molar-refractivity contribution in [1.82, 2.24) is 14.7 Å². The lowest BCUT2D eigenvalue weighted by atomic mass is 10.1. The van der Waals surface area contributed by atoms with Crippen LogP contribution in [0.1, 0.15) is 26.2 Å². The van der Waals surface area contributed by atoms with Gasteiger partial charge < -0.3 is 15.5 Å². The Bertz CT molecular complexity index is 200. The molecule has 1 aliphatic rings. The van der Waals surface area contributed by atoms with Gasteiger partial charge in [0.05, 0.1) is 0 Å². The van der Waals surface area contributed by atoms with E-state index in [0.717, 1.165) is 6.42 Å². The van der Waals surface area contributed by atoms with Crippen molar-refractivity contribution >= 4 is 0 Å². The first kappa shape index (κ1) is 15.9. The van der Waals surface area contributed by atoms with Crippen LogP contribution in [0.25, 0.3) is 0 Å². The summed E-state index contributed by atoms with van der Waals surface area (Å²) in [5.41, 5.74) is 6.07. The predicted molar refractivity (Wildman–Crippen MR) is 78.9 cm³/mol. The molecule has 0 amide bonds. The number of rotatable bonds is 8. The van der Waals surface area contributed by atoms with Crippen molar-refractivity contribution in [2.45, 2.75) is 32.2 Å². The zero-order valence-electron chi connectivity index (χ0n) is 12.6. The summed E-state index contributed by atoms with van der Waals surface area (Å²) in [6.45, 7) is 10.6. The van der Waals surface area contributed by atoms with Gasteiger partial charge in [-0.25, -0.2) is 0 Å². The van der Waals surface area contributed by atoms with E-state index >= 15 is 0 Å². The lowest BCUT2D eigenvalue weighted by molar-refractivity contribution is 0.122. The Kier molecular flexibility index (Phi) is 7.82. The highest BCUT2D eigenvalue weighted by Crippen LogP contribution is 2.05. The molecule has 0 aromatic carbocycles. The van der Waals surface area contributed by atoms with Crippen LogP contribution >= 0.6 is 0 Å². The smallest absolute Gasteiger partial charge is 0.0110 e. The van der Waals surface area contributed by atoms with E-state index in [9.17, 15) is 0 Å². The van der Waals surface area contributed by atoms with Crippen LogP contribution in [0.4, 0.5) is 0 Å². The molecule has 1 aliphatic heterocycles. The minimum absolute atomic E-state index is 0.404. The molecule has 4 heteroatoms. The summed E-state index contributed by atoms with van der Waals surface area (Å²) in [7, 11) is 4.29. The second-order valence-electron chi connectivity index (χ2n) is 5.82. The van der Waals surface area contributed by atoms with E-state index in [1.807, 2.05) is 0 Å². The van der Waals surface area contributed by atoms with Crippen LogP contribution < -0.4 is 5.73 Å². The fraction of sp³-hybridized carbons (Fsp3) is 1.00. The van der Waals surface area contributed by atoms with Gasteiger partial charge >= 0.3 is 0 Å². The van der Waals surface area contributed by atoms with E-state index in [2.05, 4.69) is 35.7 Å². The van der Waals surface area contributed by atoms with Gasteiger partial charge in [0.15, 0.2) is 0 Å². The van der Waals surface area contributed by atoms with Gasteiger partial charge in [-0.15, -0.1) is 0 Å². The molecule has 2 N–H and O–H groups in total. The first-order valence-electron chi connectivity index (χ1n) is 7.46. The fourth-order valence-electron chi connectivity index (χ4n) is 2.44. The summed E-state index contributed by atoms with van der Waals surface area (Å²) < 4.78 is 0. The number of nitrogens with two attached hydrogens (primary N) is 1. The molecule has 1 atom stereocenters. The SMILES string of the molecule is CCCC(N)CCN1CCN(CCN(C)C)CC1. The Morgan fingerprint density at radius 2 is 1.56 bits per heavy atom. The number of piperazine rings is 1. The van der Waals surface area contributed by atoms with Crippen LogP contribution in [-0.2, 0) is 0 Å². The van der Waals surface area contributed by atoms with Crippen molar-refractivity contribution in [3.8, 4) is 0 Å². The molecule has 4 nitrogen and oxygen atoms in total. The summed E-state index contributed by atoms with van der Waals surface area (Å²) >= 11 is 0. The van der Waals surface area contributed by atoms with Crippen LogP contribution in [0.15, 0.2) is 0 Å². The van der Waals surface area contributed by atoms with Crippen LogP contribution in [0.5, 0.6) is 0 Å². The Labute approximate surface area is 113 Å². The third-order valence-electron chi connectivity index (χ3n) is 3.80. The summed E-state index contributed by atoms with van der Waals surface area (Å²) in [5.74, 6) is 0. The molecule has 1 unspecified atom stereocenters. The van der Waals surface area contributed by atoms with Crippen LogP contribution in [0, 0.1) is 0 Å². The van der Waals surface area contributed by atoms with Gasteiger partial charge in [-0.05, 0) is 33.5 Å². The average molecular weight is 256 g/mol. The van der Waals surface area contributed by atoms with Crippen molar-refractivity contribution in [1.29, 1.82) is 0 Å². The van der Waals surface area contributed by atoms with E-state index < -0.39 is 0 Å². The quantitative estimate of drug-likeness (QED) is 0.693. The molecule has 0 aromatic heterocycles. The molecule has 1 rings (SSSR count). The fourth-order valence-corrected chi connectivity index (χ4v) is 2.44. The van der Waals surface area contributed by atoms with E-state index in [0.29, 0.717) is 6.04 Å². The molecule has 1 fully saturated rings. The average Bonchev–Trinajstić information content (AvgIpc) is 2.35. The Morgan fingerprint density at radius 3 is 2.06 bits per heavy atom. The zero-order valence-corrected chi connectivity index (χ0v) is 12.6. The highest BCUT2D eigenvalue weighted by molar-refractivity contribution is 4.74. The number of likely N-dealkylation sites (N-methyl/N-ethyl adjacent to an activating group) is 1. The maximum atomic E-state index is 6.07. The topological polar surface area (TPSA) is 35.7 Å². The lowest BCUT2D eigenvalue weighted by Crippen LogP contribution is -2.48. The second-order valence-corrected chi connectivity index (χ2v) is 5.82. The van der Waals surface area contributed by atoms with Crippen LogP contribution in [-0.4, -0.2) is 80.7 Å². The molecular formula is C14H32N4. The molecule has 18 heavy (non-hydrogen) atoms. The molecule has 0 spiro atoms. The normalized spacial score (nSPS) is 20.5. The van der Waals surface area contributed by atoms with Gasteiger partial charge in [-0.1, -0.05) is 13.3 Å². The minimum Gasteiger partial charge on any atom is -0.328 e. The van der Waals surface area contributed by atoms with Gasteiger partial charge in [0.1, 0.15) is 0 Å². The first-order valence-corrected chi connectivity index (χ1v) is 7.46. The van der Waals surface area contributed by atoms with Gasteiger partial charge in [0.25, 0.3) is 0 Å². The minimum atomic E-state index is 0.404. The highest BCUT2D eigenvalue weighted by Gasteiger charge is 2.16. The Balaban J connectivity index is 2.08. The van der Waals surface area contributed by atoms with E-state index in [1.165, 1.54) is 58.7 Å². The summed E-state index contributed by atoms with van der Waals surface area (Å²) in [6, 6.07) is 0.404. The van der Waals surface area contributed by atoms with Gasteiger partial charge in [0.2, 0.25) is 0 Å². The molecule has 0 saturated carbocycles. The van der Waals surface area contributed by atoms with Crippen molar-refractivity contribution in [3.05, 3.63) is 0 Å². The van der Waals surface area contributed by atoms with Crippen molar-refractivity contribution in [2.75, 3.05) is 59.9 Å². The van der Waals surface area contributed by atoms with Crippen molar-refractivity contribution in [2.24, 2.45) is 5.73 Å². The summed E-state index contributed by atoms with van der Waals surface area (Å²) in [6.07, 6.45) is 3.54. The van der Waals surface area contributed by atoms with Gasteiger partial charge in [0, 0.05) is 45.3 Å². The highest BCUT2D eigenvalue weighted by atomic mass is 15.3. The van der Waals surface area contributed by atoms with E-state index in [1.54, 1.807) is 0 Å². The van der Waals surface area contributed by atoms with E-state index in [-0.39, 0.29) is 0 Å². The molecular weight excluding hydrogens is 224 g/mol. The number of nitrogens with zero attached hydrogens (tertiary/aromatic N) is 3. The Morgan fingerprint density at radius 1 is 1.00 bits per heavy atom. The zero-order chi connectivity index (χ0) is 13.4. The molecule has 108 valence electrons. The standard InChI is InChI=1S/C14H32N4/c1-4-5-14(15)6-7-17-10-12-18(13-11-17)9-8-16(2)3/h14H,4-13,15H2,1-3H3. The van der Waals surface area contributed by atoms with Gasteiger partial charge in [-0.2, -0.15) is 0 Å². The van der Waals surface area contributed by atoms with E-state index in [4.69, 9.17) is 5.73 Å². The maximum absolute atomic E-state index is 6.07. The monoisotopic (exact) mass is 256 g/mol. The Hall–Kier alpha value is -0.160. The molecule has 0 radical (unpaired) electrons. The third-order valence-corrected chi connectivity index (χ3v) is 3.80. The van der Waals surface area contributed by atoms with Crippen LogP contribution in [0.3, 0.4) is 0 Å². The molecule has 1 saturated heterocycles. The third kappa shape index (κ3) is 6.69. The molecule has 0 aliphatic carbocycles. The van der Waals surface area contributed by atoms with Gasteiger partial charge in [-0.3, -0.25) is 4.90 Å². The summed E-state index contributed by atoms with van der Waals surface area (Å²) in [4.78, 5) is 7.40.